The summed E-state index contributed by atoms with van der Waals surface area (Å²) >= 11 is 0.412. The van der Waals surface area contributed by atoms with Crippen LogP contribution in [0.5, 0.6) is 10.9 Å². The van der Waals surface area contributed by atoms with Crippen molar-refractivity contribution in [1.82, 2.24) is 9.36 Å². The van der Waals surface area contributed by atoms with Crippen LogP contribution >= 0.6 is 11.5 Å². The van der Waals surface area contributed by atoms with Gasteiger partial charge in [0, 0.05) is 17.6 Å². The van der Waals surface area contributed by atoms with E-state index >= 15 is 0 Å². The molecule has 0 saturated carbocycles. The van der Waals surface area contributed by atoms with E-state index in [4.69, 9.17) is 4.74 Å². The van der Waals surface area contributed by atoms with Crippen LogP contribution in [0.25, 0.3) is 0 Å². The molecule has 0 amide bonds. The Morgan fingerprint density at radius 2 is 2.11 bits per heavy atom. The molecule has 0 unspecified atom stereocenters. The van der Waals surface area contributed by atoms with Gasteiger partial charge in [0.1, 0.15) is 5.75 Å². The van der Waals surface area contributed by atoms with Crippen molar-refractivity contribution in [3.63, 3.8) is 0 Å². The smallest absolute Gasteiger partial charge is 0.430 e. The van der Waals surface area contributed by atoms with E-state index in [1.165, 1.54) is 18.2 Å². The summed E-state index contributed by atoms with van der Waals surface area (Å²) in [6.45, 7) is 0. The molecule has 0 spiro atoms. The highest BCUT2D eigenvalue weighted by Crippen LogP contribution is 2.32. The molecule has 0 bridgehead atoms. The van der Waals surface area contributed by atoms with Gasteiger partial charge in [-0.05, 0) is 6.07 Å². The van der Waals surface area contributed by atoms with Crippen LogP contribution in [0.2, 0.25) is 0 Å². The zero-order valence-electron chi connectivity index (χ0n) is 8.92. The fourth-order valence-electron chi connectivity index (χ4n) is 1.13. The van der Waals surface area contributed by atoms with Crippen molar-refractivity contribution in [2.45, 2.75) is 6.18 Å². The molecule has 1 heterocycles. The third-order valence-electron chi connectivity index (χ3n) is 1.89. The quantitative estimate of drug-likeness (QED) is 0.640. The number of benzene rings is 1. The van der Waals surface area contributed by atoms with E-state index in [1.807, 2.05) is 0 Å². The summed E-state index contributed by atoms with van der Waals surface area (Å²) in [5.41, 5.74) is -0.238. The molecule has 0 saturated heterocycles. The summed E-state index contributed by atoms with van der Waals surface area (Å²) < 4.78 is 44.8. The van der Waals surface area contributed by atoms with Gasteiger partial charge in [-0.1, -0.05) is 6.07 Å². The predicted molar refractivity (Wildman–Crippen MR) is 58.1 cm³/mol. The average Bonchev–Trinajstić information content (AvgIpc) is 2.77. The second-order valence-electron chi connectivity index (χ2n) is 3.24. The monoisotopic (exact) mass is 291 g/mol. The number of nitro benzene ring substituents is 1. The number of hydrogen-bond acceptors (Lipinski definition) is 6. The van der Waals surface area contributed by atoms with Crippen molar-refractivity contribution in [3.8, 4) is 10.9 Å². The van der Waals surface area contributed by atoms with Gasteiger partial charge in [-0.3, -0.25) is 10.1 Å². The highest BCUT2D eigenvalue weighted by atomic mass is 32.1. The Hall–Kier alpha value is -2.23. The number of alkyl halides is 3. The summed E-state index contributed by atoms with van der Waals surface area (Å²) in [6.07, 6.45) is -4.65. The van der Waals surface area contributed by atoms with Crippen LogP contribution in [-0.2, 0) is 6.18 Å². The van der Waals surface area contributed by atoms with Crippen molar-refractivity contribution in [3.05, 3.63) is 40.2 Å². The molecule has 100 valence electrons. The maximum absolute atomic E-state index is 12.2. The molecule has 1 aromatic heterocycles. The lowest BCUT2D eigenvalue weighted by atomic mass is 10.3. The molecule has 2 rings (SSSR count). The van der Waals surface area contributed by atoms with E-state index in [1.54, 1.807) is 0 Å². The van der Waals surface area contributed by atoms with Crippen LogP contribution in [0.1, 0.15) is 5.82 Å². The van der Waals surface area contributed by atoms with Gasteiger partial charge >= 0.3 is 6.18 Å². The zero-order valence-corrected chi connectivity index (χ0v) is 9.73. The second kappa shape index (κ2) is 4.80. The molecule has 0 aliphatic carbocycles. The van der Waals surface area contributed by atoms with Crippen molar-refractivity contribution in [2.24, 2.45) is 0 Å². The van der Waals surface area contributed by atoms with E-state index in [2.05, 4.69) is 9.36 Å². The minimum Gasteiger partial charge on any atom is -0.430 e. The Morgan fingerprint density at radius 1 is 1.37 bits per heavy atom. The van der Waals surface area contributed by atoms with E-state index in [0.29, 0.717) is 11.5 Å². The molecule has 10 heteroatoms. The van der Waals surface area contributed by atoms with Crippen molar-refractivity contribution < 1.29 is 22.8 Å². The van der Waals surface area contributed by atoms with Gasteiger partial charge in [-0.2, -0.15) is 22.5 Å². The number of halogens is 3. The minimum atomic E-state index is -4.65. The SMILES string of the molecule is O=[N+]([O-])c1cccc(Oc2nc(C(F)(F)F)ns2)c1. The molecule has 0 aliphatic rings. The highest BCUT2D eigenvalue weighted by Gasteiger charge is 2.36. The number of aromatic nitrogens is 2. The highest BCUT2D eigenvalue weighted by molar-refractivity contribution is 7.07. The summed E-state index contributed by atoms with van der Waals surface area (Å²) in [5, 5.41) is 10.2. The van der Waals surface area contributed by atoms with E-state index in [9.17, 15) is 23.3 Å². The first kappa shape index (κ1) is 13.2. The maximum atomic E-state index is 12.2. The molecular formula is C9H4F3N3O3S. The Balaban J connectivity index is 2.19. The van der Waals surface area contributed by atoms with Gasteiger partial charge in [0.2, 0.25) is 0 Å². The standard InChI is InChI=1S/C9H4F3N3O3S/c10-9(11,12)7-13-8(19-14-7)18-6-3-1-2-5(4-6)15(16)17/h1-4H. The second-order valence-corrected chi connectivity index (χ2v) is 3.95. The van der Waals surface area contributed by atoms with Crippen LogP contribution in [-0.4, -0.2) is 14.3 Å². The zero-order chi connectivity index (χ0) is 14.0. The molecule has 0 aliphatic heterocycles. The fraction of sp³-hybridized carbons (Fsp3) is 0.111. The van der Waals surface area contributed by atoms with Gasteiger partial charge in [0.05, 0.1) is 11.0 Å². The van der Waals surface area contributed by atoms with Gasteiger partial charge in [-0.25, -0.2) is 0 Å². The fourth-order valence-corrected chi connectivity index (χ4v) is 1.70. The normalized spacial score (nSPS) is 11.3. The summed E-state index contributed by atoms with van der Waals surface area (Å²) in [5.74, 6) is -1.29. The number of hydrogen-bond donors (Lipinski definition) is 0. The Morgan fingerprint density at radius 3 is 2.68 bits per heavy atom. The third-order valence-corrected chi connectivity index (χ3v) is 2.49. The molecule has 0 radical (unpaired) electrons. The Bertz CT molecular complexity index is 614. The van der Waals surface area contributed by atoms with Gasteiger partial charge in [0.15, 0.2) is 0 Å². The van der Waals surface area contributed by atoms with Gasteiger partial charge in [0.25, 0.3) is 16.7 Å². The number of nitro groups is 1. The summed E-state index contributed by atoms with van der Waals surface area (Å²) in [6, 6.07) is 5.02. The maximum Gasteiger partial charge on any atom is 0.452 e. The first-order chi connectivity index (χ1) is 8.86. The number of nitrogens with zero attached hydrogens (tertiary/aromatic N) is 3. The molecule has 19 heavy (non-hydrogen) atoms. The number of non-ortho nitro benzene ring substituents is 1. The molecule has 6 nitrogen and oxygen atoms in total. The Kier molecular flexibility index (Phi) is 3.34. The van der Waals surface area contributed by atoms with Crippen LogP contribution in [0, 0.1) is 10.1 Å². The van der Waals surface area contributed by atoms with Crippen LogP contribution in [0.3, 0.4) is 0 Å². The first-order valence-electron chi connectivity index (χ1n) is 4.69. The van der Waals surface area contributed by atoms with Gasteiger partial charge < -0.3 is 4.74 Å². The Labute approximate surface area is 107 Å². The predicted octanol–water partition coefficient (Wildman–Crippen LogP) is 3.26. The molecular weight excluding hydrogens is 287 g/mol. The lowest BCUT2D eigenvalue weighted by molar-refractivity contribution is -0.384. The van der Waals surface area contributed by atoms with E-state index in [-0.39, 0.29) is 16.6 Å². The largest absolute Gasteiger partial charge is 0.452 e. The van der Waals surface area contributed by atoms with Crippen LogP contribution < -0.4 is 4.74 Å². The minimum absolute atomic E-state index is 0.0130. The number of rotatable bonds is 3. The first-order valence-corrected chi connectivity index (χ1v) is 5.47. The topological polar surface area (TPSA) is 78.2 Å². The molecule has 0 fully saturated rings. The molecule has 0 atom stereocenters. The van der Waals surface area contributed by atoms with Crippen LogP contribution in [0.15, 0.2) is 24.3 Å². The van der Waals surface area contributed by atoms with Gasteiger partial charge in [-0.15, -0.1) is 0 Å². The lowest BCUT2D eigenvalue weighted by Gasteiger charge is -2.00. The van der Waals surface area contributed by atoms with Crippen molar-refractivity contribution in [2.75, 3.05) is 0 Å². The molecule has 1 aromatic carbocycles. The molecule has 0 N–H and O–H groups in total. The summed E-state index contributed by atoms with van der Waals surface area (Å²) in [7, 11) is 0. The molecule has 2 aromatic rings. The lowest BCUT2D eigenvalue weighted by Crippen LogP contribution is -2.06. The average molecular weight is 291 g/mol. The number of ether oxygens (including phenoxy) is 1. The van der Waals surface area contributed by atoms with E-state index in [0.717, 1.165) is 6.07 Å². The third kappa shape index (κ3) is 3.16. The van der Waals surface area contributed by atoms with Crippen molar-refractivity contribution in [1.29, 1.82) is 0 Å². The van der Waals surface area contributed by atoms with Crippen molar-refractivity contribution >= 4 is 17.2 Å². The van der Waals surface area contributed by atoms with Crippen LogP contribution in [0.4, 0.5) is 18.9 Å². The summed E-state index contributed by atoms with van der Waals surface area (Å²) in [4.78, 5) is 13.0. The van der Waals surface area contributed by atoms with E-state index < -0.39 is 16.9 Å².